The number of aryl methyl sites for hydroxylation is 1. The summed E-state index contributed by atoms with van der Waals surface area (Å²) in [4.78, 5) is 25.8. The molecular weight excluding hydrogens is 443 g/mol. The van der Waals surface area contributed by atoms with Gasteiger partial charge in [0.05, 0.1) is 12.7 Å². The summed E-state index contributed by atoms with van der Waals surface area (Å²) in [6, 6.07) is 13.5. The zero-order valence-corrected chi connectivity index (χ0v) is 16.8. The average molecular weight is 462 g/mol. The van der Waals surface area contributed by atoms with E-state index in [1.54, 1.807) is 13.2 Å². The second-order valence-corrected chi connectivity index (χ2v) is 8.28. The quantitative estimate of drug-likeness (QED) is 0.382. The first-order chi connectivity index (χ1) is 12.5. The highest BCUT2D eigenvalue weighted by molar-refractivity contribution is 14.1. The van der Waals surface area contributed by atoms with Gasteiger partial charge >= 0.3 is 5.97 Å². The van der Waals surface area contributed by atoms with Crippen LogP contribution in [0.15, 0.2) is 42.5 Å². The molecule has 0 aromatic heterocycles. The highest BCUT2D eigenvalue weighted by Crippen LogP contribution is 2.58. The molecule has 26 heavy (non-hydrogen) atoms. The van der Waals surface area contributed by atoms with Gasteiger partial charge in [-0.05, 0) is 30.0 Å². The molecule has 134 valence electrons. The van der Waals surface area contributed by atoms with Crippen molar-refractivity contribution in [2.75, 3.05) is 7.11 Å². The Morgan fingerprint density at radius 3 is 2.69 bits per heavy atom. The first-order valence-corrected chi connectivity index (χ1v) is 9.87. The Bertz CT molecular complexity index is 907. The maximum absolute atomic E-state index is 13.8. The smallest absolute Gasteiger partial charge is 0.303 e. The van der Waals surface area contributed by atoms with Gasteiger partial charge in [-0.15, -0.1) is 0 Å². The zero-order chi connectivity index (χ0) is 18.5. The third-order valence-electron chi connectivity index (χ3n) is 5.49. The van der Waals surface area contributed by atoms with E-state index in [-0.39, 0.29) is 15.7 Å². The number of benzene rings is 2. The number of fused-ring (bicyclic) bond motifs is 3. The van der Waals surface area contributed by atoms with Gasteiger partial charge < -0.3 is 9.47 Å². The molecule has 2 aromatic rings. The van der Waals surface area contributed by atoms with E-state index in [1.165, 1.54) is 6.92 Å². The Balaban J connectivity index is 2.04. The number of hydrogen-bond donors (Lipinski definition) is 0. The summed E-state index contributed by atoms with van der Waals surface area (Å²) >= 11 is 2.35. The van der Waals surface area contributed by atoms with Gasteiger partial charge in [-0.1, -0.05) is 59.0 Å². The molecule has 0 fully saturated rings. The second kappa shape index (κ2) is 6.37. The fraction of sp³-hybridized carbons (Fsp3) is 0.333. The van der Waals surface area contributed by atoms with Gasteiger partial charge in [0.1, 0.15) is 17.3 Å². The highest BCUT2D eigenvalue weighted by Gasteiger charge is 2.62. The van der Waals surface area contributed by atoms with Crippen LogP contribution in [0.2, 0.25) is 0 Å². The summed E-state index contributed by atoms with van der Waals surface area (Å²) in [6.45, 7) is 1.40. The number of ether oxygens (including phenoxy) is 2. The molecule has 0 bridgehead atoms. The fourth-order valence-electron chi connectivity index (χ4n) is 4.46. The number of hydrogen-bond acceptors (Lipinski definition) is 4. The molecule has 0 saturated carbocycles. The molecular formula is C21H19IO4. The van der Waals surface area contributed by atoms with Gasteiger partial charge in [-0.25, -0.2) is 0 Å². The van der Waals surface area contributed by atoms with Crippen molar-refractivity contribution in [2.45, 2.75) is 35.2 Å². The first kappa shape index (κ1) is 17.5. The molecule has 0 amide bonds. The van der Waals surface area contributed by atoms with Crippen molar-refractivity contribution >= 4 is 34.3 Å². The summed E-state index contributed by atoms with van der Waals surface area (Å²) in [5.74, 6) is 0.139. The number of methoxy groups -OCH3 is 1. The van der Waals surface area contributed by atoms with Crippen LogP contribution in [0.4, 0.5) is 0 Å². The van der Waals surface area contributed by atoms with Crippen LogP contribution in [-0.2, 0) is 21.4 Å². The van der Waals surface area contributed by atoms with E-state index in [4.69, 9.17) is 9.47 Å². The molecule has 0 N–H and O–H groups in total. The van der Waals surface area contributed by atoms with E-state index in [9.17, 15) is 9.59 Å². The monoisotopic (exact) mass is 462 g/mol. The molecule has 4 nitrogen and oxygen atoms in total. The Labute approximate surface area is 166 Å². The summed E-state index contributed by atoms with van der Waals surface area (Å²) in [6.07, 6.45) is 1.14. The molecule has 0 radical (unpaired) electrons. The summed E-state index contributed by atoms with van der Waals surface area (Å²) in [5, 5.41) is 0. The standard InChI is InChI=1S/C21H19IO4/c1-12(23)26-20-14-7-5-9-16(25-2)18(14)19(24)21(20)15-8-4-3-6-13(15)10-11-17(21)22/h3-9,17,20H,10-11H2,1-2H3/t17-,20+,21-/m1/s1. The second-order valence-electron chi connectivity index (χ2n) is 6.78. The Hall–Kier alpha value is -1.89. The Morgan fingerprint density at radius 2 is 1.96 bits per heavy atom. The van der Waals surface area contributed by atoms with Gasteiger partial charge in [0.25, 0.3) is 0 Å². The Kier molecular flexibility index (Phi) is 4.29. The molecule has 0 heterocycles. The SMILES string of the molecule is COc1cccc2c1C(=O)[C@]1(c3ccccc3CC[C@H]1I)[C@H]2OC(C)=O. The normalized spacial score (nSPS) is 26.3. The van der Waals surface area contributed by atoms with Crippen LogP contribution in [-0.4, -0.2) is 22.8 Å². The van der Waals surface area contributed by atoms with Crippen molar-refractivity contribution in [1.29, 1.82) is 0 Å². The minimum atomic E-state index is -0.905. The van der Waals surface area contributed by atoms with Crippen LogP contribution in [0.5, 0.6) is 5.75 Å². The predicted octanol–water partition coefficient (Wildman–Crippen LogP) is 4.18. The van der Waals surface area contributed by atoms with Gasteiger partial charge in [0.15, 0.2) is 5.78 Å². The van der Waals surface area contributed by atoms with Crippen molar-refractivity contribution in [1.82, 2.24) is 0 Å². The third kappa shape index (κ3) is 2.25. The van der Waals surface area contributed by atoms with Gasteiger partial charge in [0.2, 0.25) is 0 Å². The van der Waals surface area contributed by atoms with Crippen LogP contribution >= 0.6 is 22.6 Å². The number of rotatable bonds is 2. The molecule has 4 rings (SSSR count). The molecule has 2 aliphatic rings. The van der Waals surface area contributed by atoms with Gasteiger partial charge in [-0.3, -0.25) is 9.59 Å². The largest absolute Gasteiger partial charge is 0.496 e. The molecule has 2 aromatic carbocycles. The van der Waals surface area contributed by atoms with E-state index in [1.807, 2.05) is 30.3 Å². The lowest BCUT2D eigenvalue weighted by Gasteiger charge is -2.42. The predicted molar refractivity (Wildman–Crippen MR) is 106 cm³/mol. The van der Waals surface area contributed by atoms with Crippen LogP contribution < -0.4 is 4.74 Å². The van der Waals surface area contributed by atoms with Crippen molar-refractivity contribution in [3.05, 3.63) is 64.7 Å². The number of carbonyl (C=O) groups is 2. The van der Waals surface area contributed by atoms with Crippen molar-refractivity contribution in [3.8, 4) is 5.75 Å². The average Bonchev–Trinajstić information content (AvgIpc) is 2.88. The van der Waals surface area contributed by atoms with Crippen LogP contribution in [0.25, 0.3) is 0 Å². The lowest BCUT2D eigenvalue weighted by Crippen LogP contribution is -2.49. The van der Waals surface area contributed by atoms with E-state index < -0.39 is 11.5 Å². The zero-order valence-electron chi connectivity index (χ0n) is 14.6. The molecule has 2 aliphatic carbocycles. The van der Waals surface area contributed by atoms with E-state index in [0.717, 1.165) is 29.5 Å². The number of esters is 1. The third-order valence-corrected chi connectivity index (χ3v) is 7.09. The van der Waals surface area contributed by atoms with Crippen LogP contribution in [0.3, 0.4) is 0 Å². The number of carbonyl (C=O) groups excluding carboxylic acids is 2. The van der Waals surface area contributed by atoms with E-state index >= 15 is 0 Å². The van der Waals surface area contributed by atoms with Crippen LogP contribution in [0.1, 0.15) is 46.5 Å². The number of ketones is 1. The summed E-state index contributed by atoms with van der Waals surface area (Å²) < 4.78 is 11.3. The van der Waals surface area contributed by atoms with Crippen molar-refractivity contribution in [2.24, 2.45) is 0 Å². The lowest BCUT2D eigenvalue weighted by atomic mass is 9.66. The maximum Gasteiger partial charge on any atom is 0.303 e. The van der Waals surface area contributed by atoms with Crippen LogP contribution in [0, 0.1) is 0 Å². The van der Waals surface area contributed by atoms with Crippen molar-refractivity contribution in [3.63, 3.8) is 0 Å². The summed E-state index contributed by atoms with van der Waals surface area (Å²) in [7, 11) is 1.56. The summed E-state index contributed by atoms with van der Waals surface area (Å²) in [5.41, 5.74) is 2.50. The highest BCUT2D eigenvalue weighted by atomic mass is 127. The number of alkyl halides is 1. The van der Waals surface area contributed by atoms with Gasteiger partial charge in [-0.2, -0.15) is 0 Å². The molecule has 3 atom stereocenters. The topological polar surface area (TPSA) is 52.6 Å². The first-order valence-electron chi connectivity index (χ1n) is 8.63. The van der Waals surface area contributed by atoms with E-state index in [0.29, 0.717) is 11.3 Å². The minimum Gasteiger partial charge on any atom is -0.496 e. The van der Waals surface area contributed by atoms with E-state index in [2.05, 4.69) is 28.7 Å². The fourth-order valence-corrected chi connectivity index (χ4v) is 5.72. The molecule has 0 aliphatic heterocycles. The maximum atomic E-state index is 13.8. The van der Waals surface area contributed by atoms with Gasteiger partial charge in [0, 0.05) is 16.4 Å². The molecule has 1 spiro atoms. The molecule has 0 saturated heterocycles. The molecule has 0 unspecified atom stereocenters. The lowest BCUT2D eigenvalue weighted by molar-refractivity contribution is -0.149. The Morgan fingerprint density at radius 1 is 1.19 bits per heavy atom. The number of halogens is 1. The molecule has 5 heteroatoms. The minimum absolute atomic E-state index is 0.0113. The van der Waals surface area contributed by atoms with Crippen molar-refractivity contribution < 1.29 is 19.1 Å². The number of Topliss-reactive ketones (excluding diaryl/α,β-unsaturated/α-hetero) is 1.